The zero-order valence-corrected chi connectivity index (χ0v) is 18.1. The highest BCUT2D eigenvalue weighted by Crippen LogP contribution is 2.31. The molecule has 0 amide bonds. The van der Waals surface area contributed by atoms with E-state index in [1.807, 2.05) is 12.1 Å². The molecule has 8 nitrogen and oxygen atoms in total. The van der Waals surface area contributed by atoms with Crippen molar-refractivity contribution in [1.29, 1.82) is 0 Å². The first-order valence-corrected chi connectivity index (χ1v) is 9.67. The average Bonchev–Trinajstić information content (AvgIpc) is 3.21. The van der Waals surface area contributed by atoms with Gasteiger partial charge in [-0.3, -0.25) is 4.57 Å². The minimum Gasteiger partial charge on any atom is -0.466 e. The van der Waals surface area contributed by atoms with Crippen molar-refractivity contribution in [2.75, 3.05) is 6.79 Å². The maximum absolute atomic E-state index is 8.36. The molecule has 1 unspecified atom stereocenters. The molecule has 0 bridgehead atoms. The Morgan fingerprint density at radius 1 is 1.13 bits per heavy atom. The molecule has 2 aromatic carbocycles. The molecule has 1 atom stereocenters. The summed E-state index contributed by atoms with van der Waals surface area (Å²) in [5.74, 6) is 0.451. The predicted octanol–water partition coefficient (Wildman–Crippen LogP) is 5.64. The normalized spacial score (nSPS) is 12.4. The van der Waals surface area contributed by atoms with E-state index in [9.17, 15) is 0 Å². The Bertz CT molecular complexity index is 953. The van der Waals surface area contributed by atoms with E-state index < -0.39 is 10.3 Å². The van der Waals surface area contributed by atoms with Gasteiger partial charge < -0.3 is 14.7 Å². The number of ether oxygens (including phenoxy) is 2. The van der Waals surface area contributed by atoms with Gasteiger partial charge in [0.2, 0.25) is 5.18 Å². The van der Waals surface area contributed by atoms with Gasteiger partial charge in [0.1, 0.15) is 5.75 Å². The van der Waals surface area contributed by atoms with Gasteiger partial charge in [0.25, 0.3) is 5.09 Å². The summed E-state index contributed by atoms with van der Waals surface area (Å²) >= 11 is 24.7. The molecule has 12 heteroatoms. The summed E-state index contributed by atoms with van der Waals surface area (Å²) in [5.41, 5.74) is 0.947. The van der Waals surface area contributed by atoms with E-state index in [0.29, 0.717) is 27.2 Å². The molecule has 1 N–H and O–H groups in total. The largest absolute Gasteiger partial charge is 0.466 e. The fourth-order valence-electron chi connectivity index (χ4n) is 2.30. The summed E-state index contributed by atoms with van der Waals surface area (Å²) in [7, 11) is 0. The number of halogens is 4. The highest BCUT2D eigenvalue weighted by atomic mass is 35.5. The van der Waals surface area contributed by atoms with Gasteiger partial charge >= 0.3 is 0 Å². The SMILES string of the molecule is Clc1ccc(CC(Cl)(OCOc2ccc(Cl)cc2Cl)n2ccnc2)cc1.O=[N+]([O-])O. The lowest BCUT2D eigenvalue weighted by atomic mass is 10.1. The summed E-state index contributed by atoms with van der Waals surface area (Å²) in [6, 6.07) is 12.3. The molecule has 0 spiro atoms. The Balaban J connectivity index is 0.000000735. The van der Waals surface area contributed by atoms with Gasteiger partial charge in [-0.15, -0.1) is 10.1 Å². The number of benzene rings is 2. The Kier molecular flexibility index (Phi) is 9.01. The molecule has 30 heavy (non-hydrogen) atoms. The molecule has 1 aromatic heterocycles. The lowest BCUT2D eigenvalue weighted by molar-refractivity contribution is -0.742. The van der Waals surface area contributed by atoms with Crippen LogP contribution in [0.25, 0.3) is 0 Å². The fraction of sp³-hybridized carbons (Fsp3) is 0.167. The van der Waals surface area contributed by atoms with Crippen molar-refractivity contribution in [1.82, 2.24) is 9.55 Å². The third kappa shape index (κ3) is 7.55. The van der Waals surface area contributed by atoms with Crippen LogP contribution in [0.3, 0.4) is 0 Å². The molecule has 160 valence electrons. The first-order valence-electron chi connectivity index (χ1n) is 8.16. The van der Waals surface area contributed by atoms with Crippen LogP contribution in [0.4, 0.5) is 0 Å². The van der Waals surface area contributed by atoms with Gasteiger partial charge in [-0.1, -0.05) is 58.5 Å². The monoisotopic (exact) mass is 493 g/mol. The van der Waals surface area contributed by atoms with Crippen LogP contribution in [0.15, 0.2) is 61.2 Å². The van der Waals surface area contributed by atoms with Crippen LogP contribution in [0, 0.1) is 10.1 Å². The maximum atomic E-state index is 8.36. The Morgan fingerprint density at radius 2 is 1.77 bits per heavy atom. The summed E-state index contributed by atoms with van der Waals surface area (Å²) in [5, 5.41) is 14.0. The number of aromatic nitrogens is 2. The molecule has 3 rings (SSSR count). The van der Waals surface area contributed by atoms with Gasteiger partial charge in [0.05, 0.1) is 11.3 Å². The minimum atomic E-state index is -1.50. The topological polar surface area (TPSA) is 99.7 Å². The molecule has 1 heterocycles. The van der Waals surface area contributed by atoms with Gasteiger partial charge in [-0.2, -0.15) is 0 Å². The van der Waals surface area contributed by atoms with E-state index in [1.165, 1.54) is 0 Å². The third-order valence-electron chi connectivity index (χ3n) is 3.61. The Hall–Kier alpha value is -2.23. The lowest BCUT2D eigenvalue weighted by Gasteiger charge is -2.28. The van der Waals surface area contributed by atoms with E-state index in [1.54, 1.807) is 53.6 Å². The van der Waals surface area contributed by atoms with E-state index in [0.717, 1.165) is 5.56 Å². The summed E-state index contributed by atoms with van der Waals surface area (Å²) in [4.78, 5) is 12.4. The predicted molar refractivity (Wildman–Crippen MR) is 113 cm³/mol. The quantitative estimate of drug-likeness (QED) is 0.197. The van der Waals surface area contributed by atoms with Crippen molar-refractivity contribution < 1.29 is 19.8 Å². The van der Waals surface area contributed by atoms with Crippen LogP contribution in [-0.2, 0) is 16.3 Å². The van der Waals surface area contributed by atoms with Gasteiger partial charge in [0, 0.05) is 28.9 Å². The summed E-state index contributed by atoms with van der Waals surface area (Å²) in [6.45, 7) is -0.114. The average molecular weight is 495 g/mol. The van der Waals surface area contributed by atoms with Gasteiger partial charge in [-0.05, 0) is 35.9 Å². The van der Waals surface area contributed by atoms with Crippen LogP contribution in [0.1, 0.15) is 5.56 Å². The van der Waals surface area contributed by atoms with Crippen molar-refractivity contribution in [3.8, 4) is 5.75 Å². The van der Waals surface area contributed by atoms with Crippen molar-refractivity contribution in [2.24, 2.45) is 0 Å². The molecule has 0 aliphatic rings. The second kappa shape index (κ2) is 11.2. The molecular weight excluding hydrogens is 480 g/mol. The molecule has 3 aromatic rings. The number of hydrogen-bond donors (Lipinski definition) is 1. The van der Waals surface area contributed by atoms with Crippen molar-refractivity contribution >= 4 is 46.4 Å². The van der Waals surface area contributed by atoms with Crippen molar-refractivity contribution in [2.45, 2.75) is 11.6 Å². The summed E-state index contributed by atoms with van der Waals surface area (Å²) < 4.78 is 13.1. The number of alkyl halides is 1. The molecule has 0 aliphatic heterocycles. The Morgan fingerprint density at radius 3 is 2.33 bits per heavy atom. The maximum Gasteiger partial charge on any atom is 0.291 e. The second-order valence-electron chi connectivity index (χ2n) is 5.68. The smallest absolute Gasteiger partial charge is 0.291 e. The van der Waals surface area contributed by atoms with E-state index in [4.69, 9.17) is 71.2 Å². The number of imidazole rings is 1. The summed E-state index contributed by atoms with van der Waals surface area (Å²) in [6.07, 6.45) is 5.30. The van der Waals surface area contributed by atoms with Crippen LogP contribution < -0.4 is 4.74 Å². The van der Waals surface area contributed by atoms with Crippen LogP contribution in [-0.4, -0.2) is 26.6 Å². The highest BCUT2D eigenvalue weighted by Gasteiger charge is 2.31. The second-order valence-corrected chi connectivity index (χ2v) is 7.55. The number of nitrogens with zero attached hydrogens (tertiary/aromatic N) is 3. The Labute approximate surface area is 191 Å². The molecular formula is C18H15Cl4N3O5. The zero-order chi connectivity index (χ0) is 22.1. The number of rotatable bonds is 7. The molecule has 0 fully saturated rings. The van der Waals surface area contributed by atoms with E-state index >= 15 is 0 Å². The lowest BCUT2D eigenvalue weighted by Crippen LogP contribution is -2.33. The van der Waals surface area contributed by atoms with Crippen LogP contribution in [0.2, 0.25) is 15.1 Å². The first-order chi connectivity index (χ1) is 14.2. The van der Waals surface area contributed by atoms with E-state index in [2.05, 4.69) is 4.98 Å². The van der Waals surface area contributed by atoms with Crippen LogP contribution >= 0.6 is 46.4 Å². The standard InChI is InChI=1S/C18H14Cl4N2O2.HNO3/c19-14-3-1-13(2-4-14)10-18(22,24-8-7-23-11-24)26-12-25-17-6-5-15(20)9-16(17)21;2-1(3)4/h1-9,11H,10,12H2;(H,2,3,4). The van der Waals surface area contributed by atoms with Gasteiger partial charge in [-0.25, -0.2) is 4.98 Å². The molecule has 0 radical (unpaired) electrons. The molecule has 0 aliphatic carbocycles. The minimum absolute atomic E-state index is 0.114. The zero-order valence-electron chi connectivity index (χ0n) is 15.1. The number of hydrogen-bond acceptors (Lipinski definition) is 5. The highest BCUT2D eigenvalue weighted by molar-refractivity contribution is 6.35. The van der Waals surface area contributed by atoms with Gasteiger partial charge in [0.15, 0.2) is 6.79 Å². The van der Waals surface area contributed by atoms with Crippen molar-refractivity contribution in [3.63, 3.8) is 0 Å². The van der Waals surface area contributed by atoms with E-state index in [-0.39, 0.29) is 6.79 Å². The molecule has 0 saturated heterocycles. The van der Waals surface area contributed by atoms with Crippen molar-refractivity contribution in [3.05, 3.63) is 91.9 Å². The first kappa shape index (κ1) is 24.0. The third-order valence-corrected chi connectivity index (χ3v) is 4.83. The molecule has 0 saturated carbocycles. The fourth-order valence-corrected chi connectivity index (χ4v) is 3.19. The van der Waals surface area contributed by atoms with Crippen LogP contribution in [0.5, 0.6) is 5.75 Å².